The summed E-state index contributed by atoms with van der Waals surface area (Å²) in [6.45, 7) is -0.257. The molecule has 2 amide bonds. The Labute approximate surface area is 195 Å². The van der Waals surface area contributed by atoms with Gasteiger partial charge in [0.2, 0.25) is 11.0 Å². The van der Waals surface area contributed by atoms with E-state index in [9.17, 15) is 9.59 Å². The SMILES string of the molecule is O=C(CSc1nnc(NC(=O)COc2ccc(Cl)cc2Cl)s1)Nc1ccc(Cl)cc1. The smallest absolute Gasteiger partial charge is 0.264 e. The number of hydrogen-bond acceptors (Lipinski definition) is 7. The third kappa shape index (κ3) is 7.03. The number of rotatable bonds is 8. The standard InChI is InChI=1S/C18H13Cl3N4O3S2/c19-10-1-4-12(5-2-10)22-16(27)9-29-18-25-24-17(30-18)23-15(26)8-28-14-6-3-11(20)7-13(14)21/h1-7H,8-9H2,(H,22,27)(H,23,24,26). The minimum atomic E-state index is -0.422. The minimum absolute atomic E-state index is 0.142. The van der Waals surface area contributed by atoms with Gasteiger partial charge in [-0.25, -0.2) is 0 Å². The molecule has 0 radical (unpaired) electrons. The van der Waals surface area contributed by atoms with Crippen LogP contribution in [0.4, 0.5) is 10.8 Å². The van der Waals surface area contributed by atoms with E-state index in [0.717, 1.165) is 11.3 Å². The van der Waals surface area contributed by atoms with Crippen LogP contribution in [0, 0.1) is 0 Å². The summed E-state index contributed by atoms with van der Waals surface area (Å²) in [5.41, 5.74) is 0.649. The number of nitrogens with zero attached hydrogens (tertiary/aromatic N) is 2. The first-order chi connectivity index (χ1) is 14.4. The summed E-state index contributed by atoms with van der Waals surface area (Å²) in [6, 6.07) is 11.5. The maximum atomic E-state index is 12.0. The molecule has 0 saturated heterocycles. The number of hydrogen-bond donors (Lipinski definition) is 2. The summed E-state index contributed by atoms with van der Waals surface area (Å²) in [4.78, 5) is 24.0. The predicted molar refractivity (Wildman–Crippen MR) is 121 cm³/mol. The van der Waals surface area contributed by atoms with Gasteiger partial charge in [-0.3, -0.25) is 14.9 Å². The number of anilines is 2. The van der Waals surface area contributed by atoms with Crippen LogP contribution in [0.2, 0.25) is 15.1 Å². The van der Waals surface area contributed by atoms with Crippen molar-refractivity contribution in [3.8, 4) is 5.75 Å². The molecule has 3 rings (SSSR count). The molecule has 0 fully saturated rings. The Kier molecular flexibility index (Phi) is 8.17. The van der Waals surface area contributed by atoms with Crippen molar-refractivity contribution in [1.82, 2.24) is 10.2 Å². The van der Waals surface area contributed by atoms with Gasteiger partial charge in [0.05, 0.1) is 10.8 Å². The molecule has 3 aromatic rings. The molecule has 0 atom stereocenters. The zero-order valence-corrected chi connectivity index (χ0v) is 18.9. The van der Waals surface area contributed by atoms with E-state index in [1.165, 1.54) is 17.8 Å². The molecule has 30 heavy (non-hydrogen) atoms. The van der Waals surface area contributed by atoms with E-state index < -0.39 is 5.91 Å². The van der Waals surface area contributed by atoms with Crippen LogP contribution < -0.4 is 15.4 Å². The summed E-state index contributed by atoms with van der Waals surface area (Å²) in [6.07, 6.45) is 0. The molecule has 1 aromatic heterocycles. The molecule has 0 unspecified atom stereocenters. The van der Waals surface area contributed by atoms with E-state index in [0.29, 0.717) is 36.0 Å². The Morgan fingerprint density at radius 2 is 1.70 bits per heavy atom. The van der Waals surface area contributed by atoms with Crippen LogP contribution in [0.5, 0.6) is 5.75 Å². The van der Waals surface area contributed by atoms with Crippen molar-refractivity contribution in [2.75, 3.05) is 23.0 Å². The van der Waals surface area contributed by atoms with Crippen molar-refractivity contribution in [2.24, 2.45) is 0 Å². The molecule has 0 aliphatic rings. The second-order valence-electron chi connectivity index (χ2n) is 5.63. The zero-order valence-electron chi connectivity index (χ0n) is 15.0. The van der Waals surface area contributed by atoms with Gasteiger partial charge in [0.15, 0.2) is 10.9 Å². The maximum absolute atomic E-state index is 12.0. The van der Waals surface area contributed by atoms with Gasteiger partial charge < -0.3 is 10.1 Å². The lowest BCUT2D eigenvalue weighted by Crippen LogP contribution is -2.20. The van der Waals surface area contributed by atoms with Crippen molar-refractivity contribution < 1.29 is 14.3 Å². The first kappa shape index (κ1) is 22.6. The molecule has 0 spiro atoms. The van der Waals surface area contributed by atoms with Gasteiger partial charge in [-0.05, 0) is 42.5 Å². The zero-order chi connectivity index (χ0) is 21.5. The number of ether oxygens (including phenoxy) is 1. The van der Waals surface area contributed by atoms with E-state index in [-0.39, 0.29) is 18.3 Å². The van der Waals surface area contributed by atoms with Crippen molar-refractivity contribution in [1.29, 1.82) is 0 Å². The van der Waals surface area contributed by atoms with Crippen molar-refractivity contribution >= 4 is 80.5 Å². The van der Waals surface area contributed by atoms with Crippen LogP contribution in [-0.2, 0) is 9.59 Å². The number of thioether (sulfide) groups is 1. The molecule has 0 aliphatic heterocycles. The Hall–Kier alpha value is -2.04. The fraction of sp³-hybridized carbons (Fsp3) is 0.111. The van der Waals surface area contributed by atoms with Crippen molar-refractivity contribution in [2.45, 2.75) is 4.34 Å². The average molecular weight is 504 g/mol. The third-order valence-electron chi connectivity index (χ3n) is 3.36. The van der Waals surface area contributed by atoms with E-state index in [2.05, 4.69) is 20.8 Å². The lowest BCUT2D eigenvalue weighted by atomic mass is 10.3. The molecule has 0 aliphatic carbocycles. The first-order valence-electron chi connectivity index (χ1n) is 8.28. The Morgan fingerprint density at radius 1 is 0.967 bits per heavy atom. The maximum Gasteiger partial charge on any atom is 0.264 e. The lowest BCUT2D eigenvalue weighted by molar-refractivity contribution is -0.118. The van der Waals surface area contributed by atoms with Crippen molar-refractivity contribution in [3.05, 3.63) is 57.5 Å². The molecule has 12 heteroatoms. The summed E-state index contributed by atoms with van der Waals surface area (Å²) in [5, 5.41) is 14.8. The highest BCUT2D eigenvalue weighted by Crippen LogP contribution is 2.28. The second kappa shape index (κ2) is 10.8. The van der Waals surface area contributed by atoms with Gasteiger partial charge in [0.25, 0.3) is 5.91 Å². The van der Waals surface area contributed by atoms with Gasteiger partial charge in [-0.1, -0.05) is 57.9 Å². The number of nitrogens with one attached hydrogen (secondary N) is 2. The molecule has 0 saturated carbocycles. The molecule has 1 heterocycles. The Bertz CT molecular complexity index is 1050. The Balaban J connectivity index is 1.43. The predicted octanol–water partition coefficient (Wildman–Crippen LogP) is 5.25. The number of carbonyl (C=O) groups excluding carboxylic acids is 2. The lowest BCUT2D eigenvalue weighted by Gasteiger charge is -2.07. The summed E-state index contributed by atoms with van der Waals surface area (Å²) >= 11 is 20.0. The number of carbonyl (C=O) groups is 2. The Morgan fingerprint density at radius 3 is 2.43 bits per heavy atom. The van der Waals surface area contributed by atoms with Gasteiger partial charge in [-0.15, -0.1) is 10.2 Å². The van der Waals surface area contributed by atoms with Crippen molar-refractivity contribution in [3.63, 3.8) is 0 Å². The molecule has 0 bridgehead atoms. The fourth-order valence-corrected chi connectivity index (χ4v) is 4.22. The monoisotopic (exact) mass is 502 g/mol. The van der Waals surface area contributed by atoms with Crippen LogP contribution in [0.1, 0.15) is 0 Å². The number of aromatic nitrogens is 2. The van der Waals surface area contributed by atoms with E-state index >= 15 is 0 Å². The van der Waals surface area contributed by atoms with Crippen LogP contribution in [-0.4, -0.2) is 34.4 Å². The van der Waals surface area contributed by atoms with Crippen LogP contribution in [0.15, 0.2) is 46.8 Å². The number of amides is 2. The largest absolute Gasteiger partial charge is 0.482 e. The van der Waals surface area contributed by atoms with E-state index in [4.69, 9.17) is 39.5 Å². The van der Waals surface area contributed by atoms with Gasteiger partial charge >= 0.3 is 0 Å². The molecule has 2 aromatic carbocycles. The molecule has 156 valence electrons. The number of halogens is 3. The molecular weight excluding hydrogens is 491 g/mol. The first-order valence-corrected chi connectivity index (χ1v) is 11.2. The molecular formula is C18H13Cl3N4O3S2. The quantitative estimate of drug-likeness (QED) is 0.322. The van der Waals surface area contributed by atoms with Crippen LogP contribution in [0.3, 0.4) is 0 Å². The highest BCUT2D eigenvalue weighted by molar-refractivity contribution is 8.01. The summed E-state index contributed by atoms with van der Waals surface area (Å²) < 4.78 is 5.90. The highest BCUT2D eigenvalue weighted by atomic mass is 35.5. The van der Waals surface area contributed by atoms with Gasteiger partial charge in [-0.2, -0.15) is 0 Å². The summed E-state index contributed by atoms with van der Waals surface area (Å²) in [7, 11) is 0. The fourth-order valence-electron chi connectivity index (χ4n) is 2.07. The third-order valence-corrected chi connectivity index (χ3v) is 6.11. The van der Waals surface area contributed by atoms with Crippen LogP contribution >= 0.6 is 57.9 Å². The second-order valence-corrected chi connectivity index (χ2v) is 9.11. The minimum Gasteiger partial charge on any atom is -0.482 e. The summed E-state index contributed by atoms with van der Waals surface area (Å²) in [5.74, 6) is -0.134. The van der Waals surface area contributed by atoms with E-state index in [1.807, 2.05) is 0 Å². The van der Waals surface area contributed by atoms with Gasteiger partial charge in [0.1, 0.15) is 5.75 Å². The van der Waals surface area contributed by atoms with Gasteiger partial charge in [0, 0.05) is 15.7 Å². The molecule has 7 nitrogen and oxygen atoms in total. The normalized spacial score (nSPS) is 10.5. The average Bonchev–Trinajstić information content (AvgIpc) is 3.15. The van der Waals surface area contributed by atoms with E-state index in [1.54, 1.807) is 36.4 Å². The highest BCUT2D eigenvalue weighted by Gasteiger charge is 2.12. The topological polar surface area (TPSA) is 93.2 Å². The number of benzene rings is 2. The van der Waals surface area contributed by atoms with Crippen LogP contribution in [0.25, 0.3) is 0 Å². The molecule has 2 N–H and O–H groups in total.